The molecule has 0 saturated carbocycles. The van der Waals surface area contributed by atoms with Crippen molar-refractivity contribution >= 4 is 58.8 Å². The summed E-state index contributed by atoms with van der Waals surface area (Å²) in [6.45, 7) is 25.2. The van der Waals surface area contributed by atoms with Crippen LogP contribution in [-0.4, -0.2) is 147 Å². The van der Waals surface area contributed by atoms with Crippen LogP contribution >= 0.6 is 0 Å². The van der Waals surface area contributed by atoms with Gasteiger partial charge in [-0.25, -0.2) is 29.1 Å². The Morgan fingerprint density at radius 3 is 1.28 bits per heavy atom. The molecular weight excluding hydrogens is 1020 g/mol. The van der Waals surface area contributed by atoms with Gasteiger partial charge in [-0.15, -0.1) is 0 Å². The molecule has 0 aromatic carbocycles. The molecule has 2 saturated heterocycles. The van der Waals surface area contributed by atoms with Crippen LogP contribution in [0.1, 0.15) is 146 Å². The third-order valence-corrected chi connectivity index (χ3v) is 12.6. The molecule has 3 N–H and O–H groups in total. The first-order valence-corrected chi connectivity index (χ1v) is 26.2. The number of aromatic nitrogens is 10. The number of ketones is 1. The summed E-state index contributed by atoms with van der Waals surface area (Å²) in [7, 11) is 3.65. The van der Waals surface area contributed by atoms with Crippen molar-refractivity contribution in [2.24, 2.45) is 19.3 Å². The summed E-state index contributed by atoms with van der Waals surface area (Å²) in [5, 5.41) is 35.9. The molecule has 0 aliphatic carbocycles. The topological polar surface area (TPSA) is 281 Å². The SMILES string of the molecule is C/C(=N\O)[C@@H]1CC[C@H](c2cc(NC(=O)OC(C)(C)C)n3ncc(-c4cnn(C)c4)c3n2)CN1C(=O)OC(C)(C)C.CC(=O)[C@@H]1CC[C@H](c2cc(NC(=O)OC(C)(C)C)n3ncc(-c4cnn(C)c4)c3n2)CN1C(=O)OC(C)(C)C. The fourth-order valence-electron chi connectivity index (χ4n) is 9.30. The summed E-state index contributed by atoms with van der Waals surface area (Å²) in [4.78, 5) is 77.2. The molecule has 0 bridgehead atoms. The molecule has 2 fully saturated rings. The molecule has 79 heavy (non-hydrogen) atoms. The summed E-state index contributed by atoms with van der Waals surface area (Å²) in [5.41, 5.74) is 3.10. The normalized spacial score (nSPS) is 18.4. The van der Waals surface area contributed by atoms with Crippen molar-refractivity contribution in [1.29, 1.82) is 0 Å². The predicted molar refractivity (Wildman–Crippen MR) is 293 cm³/mol. The number of nitrogens with zero attached hydrogens (tertiary/aromatic N) is 13. The van der Waals surface area contributed by atoms with E-state index in [-0.39, 0.29) is 30.7 Å². The Balaban J connectivity index is 0.000000229. The second-order valence-corrected chi connectivity index (χ2v) is 24.0. The molecule has 426 valence electrons. The van der Waals surface area contributed by atoms with Crippen molar-refractivity contribution in [3.63, 3.8) is 0 Å². The standard InChI is InChI=1S/C27H38N8O5.C27H37N7O5/c1-16(32-38)21-10-9-17(15-34(21)25(37)40-27(5,6)7)20-11-22(31-24(36)39-26(2,3)4)35-23(30-20)19(13-29-35)18-12-28-33(8)14-18;1-16(35)21-10-9-17(15-33(21)25(37)39-27(5,6)7)20-11-22(31-24(36)38-26(2,3)4)34-23(30-20)19(13-29-34)18-12-28-32(8)14-18/h11-14,17,21,38H,9-10,15H2,1-8H3,(H,31,36);11-14,17,21H,9-10,15H2,1-8H3,(H,31,36)/b32-16+;/t2*17-,21-/m00/s1. The van der Waals surface area contributed by atoms with E-state index in [1.165, 1.54) is 11.8 Å². The van der Waals surface area contributed by atoms with Crippen molar-refractivity contribution in [1.82, 2.24) is 58.6 Å². The Hall–Kier alpha value is -8.12. The second-order valence-electron chi connectivity index (χ2n) is 24.0. The average molecular weight is 1090 g/mol. The average Bonchev–Trinajstić information content (AvgIpc) is 4.39. The Morgan fingerprint density at radius 1 is 0.557 bits per heavy atom. The van der Waals surface area contributed by atoms with Gasteiger partial charge in [0, 0.05) is 85.8 Å². The fourth-order valence-corrected chi connectivity index (χ4v) is 9.30. The van der Waals surface area contributed by atoms with Crippen LogP contribution in [-0.2, 0) is 37.8 Å². The summed E-state index contributed by atoms with van der Waals surface area (Å²) >= 11 is 0. The Labute approximate surface area is 459 Å². The van der Waals surface area contributed by atoms with Crippen molar-refractivity contribution in [3.05, 3.63) is 60.7 Å². The van der Waals surface area contributed by atoms with Gasteiger partial charge >= 0.3 is 24.4 Å². The van der Waals surface area contributed by atoms with Gasteiger partial charge in [0.05, 0.1) is 54.0 Å². The molecule has 0 radical (unpaired) electrons. The van der Waals surface area contributed by atoms with Crippen LogP contribution in [0.2, 0.25) is 0 Å². The van der Waals surface area contributed by atoms with Crippen LogP contribution < -0.4 is 10.6 Å². The maximum absolute atomic E-state index is 13.2. The second kappa shape index (κ2) is 22.7. The first kappa shape index (κ1) is 58.6. The lowest BCUT2D eigenvalue weighted by Gasteiger charge is -2.39. The van der Waals surface area contributed by atoms with E-state index in [1.807, 2.05) is 26.5 Å². The molecule has 8 rings (SSSR count). The zero-order valence-corrected chi connectivity index (χ0v) is 48.1. The molecule has 0 unspecified atom stereocenters. The Kier molecular flexibility index (Phi) is 16.8. The quantitative estimate of drug-likeness (QED) is 0.0554. The van der Waals surface area contributed by atoms with E-state index in [0.29, 0.717) is 65.7 Å². The van der Waals surface area contributed by atoms with E-state index < -0.39 is 58.9 Å². The minimum atomic E-state index is -0.705. The van der Waals surface area contributed by atoms with E-state index in [0.717, 1.165) is 22.3 Å². The molecule has 2 aliphatic heterocycles. The van der Waals surface area contributed by atoms with Crippen molar-refractivity contribution in [3.8, 4) is 22.3 Å². The van der Waals surface area contributed by atoms with Gasteiger partial charge in [-0.05, 0) is 123 Å². The number of anilines is 2. The number of likely N-dealkylation sites (tertiary alicyclic amines) is 2. The first-order chi connectivity index (χ1) is 36.8. The van der Waals surface area contributed by atoms with Gasteiger partial charge in [0.15, 0.2) is 17.1 Å². The van der Waals surface area contributed by atoms with Crippen LogP contribution in [0, 0.1) is 0 Å². The van der Waals surface area contributed by atoms with Gasteiger partial charge in [0.1, 0.15) is 34.0 Å². The monoisotopic (exact) mass is 1090 g/mol. The number of aryl methyl sites for hydroxylation is 2. The maximum Gasteiger partial charge on any atom is 0.413 e. The van der Waals surface area contributed by atoms with Crippen molar-refractivity contribution in [2.75, 3.05) is 23.7 Å². The number of Topliss-reactive ketones (excluding diaryl/α,β-unsaturated/α-hetero) is 1. The zero-order chi connectivity index (χ0) is 58.1. The predicted octanol–water partition coefficient (Wildman–Crippen LogP) is 9.36. The summed E-state index contributed by atoms with van der Waals surface area (Å²) < 4.78 is 28.7. The van der Waals surface area contributed by atoms with Crippen molar-refractivity contribution < 1.29 is 48.1 Å². The summed E-state index contributed by atoms with van der Waals surface area (Å²) in [6, 6.07) is 2.51. The number of oxime groups is 1. The number of fused-ring (bicyclic) bond motifs is 2. The third-order valence-electron chi connectivity index (χ3n) is 12.6. The largest absolute Gasteiger partial charge is 0.444 e. The van der Waals surface area contributed by atoms with Gasteiger partial charge in [-0.1, -0.05) is 5.16 Å². The zero-order valence-electron chi connectivity index (χ0n) is 48.1. The third kappa shape index (κ3) is 14.7. The van der Waals surface area contributed by atoms with Gasteiger partial charge < -0.3 is 24.2 Å². The molecule has 2 aliphatic rings. The number of hydrogen-bond donors (Lipinski definition) is 3. The van der Waals surface area contributed by atoms with Gasteiger partial charge in [0.25, 0.3) is 0 Å². The number of carbonyl (C=O) groups excluding carboxylic acids is 5. The number of amides is 4. The van der Waals surface area contributed by atoms with Crippen LogP contribution in [0.5, 0.6) is 0 Å². The lowest BCUT2D eigenvalue weighted by Crippen LogP contribution is -2.51. The minimum absolute atomic E-state index is 0.0929. The number of piperidine rings is 2. The van der Waals surface area contributed by atoms with E-state index in [2.05, 4.69) is 36.2 Å². The van der Waals surface area contributed by atoms with Gasteiger partial charge in [0.2, 0.25) is 0 Å². The maximum atomic E-state index is 13.2. The Morgan fingerprint density at radius 2 is 0.937 bits per heavy atom. The number of ether oxygens (including phenoxy) is 4. The molecule has 25 heteroatoms. The molecule has 0 spiro atoms. The number of nitrogens with one attached hydrogen (secondary N) is 2. The highest BCUT2D eigenvalue weighted by atomic mass is 16.6. The Bertz CT molecular complexity index is 3250. The molecule has 6 aromatic rings. The molecular formula is C54H75N15O10. The van der Waals surface area contributed by atoms with E-state index >= 15 is 0 Å². The first-order valence-electron chi connectivity index (χ1n) is 26.2. The van der Waals surface area contributed by atoms with Crippen LogP contribution in [0.15, 0.2) is 54.5 Å². The minimum Gasteiger partial charge on any atom is -0.444 e. The summed E-state index contributed by atoms with van der Waals surface area (Å²) in [5.74, 6) is 0.245. The molecule has 4 amide bonds. The van der Waals surface area contributed by atoms with Gasteiger partial charge in [-0.3, -0.25) is 34.6 Å². The van der Waals surface area contributed by atoms with E-state index in [9.17, 15) is 29.2 Å². The highest BCUT2D eigenvalue weighted by Crippen LogP contribution is 2.37. The van der Waals surface area contributed by atoms with Crippen molar-refractivity contribution in [2.45, 2.75) is 169 Å². The number of carbonyl (C=O) groups is 5. The fraction of sp³-hybridized carbons (Fsp3) is 0.556. The molecule has 4 atom stereocenters. The van der Waals surface area contributed by atoms with Crippen LogP contribution in [0.4, 0.5) is 30.8 Å². The molecule has 6 aromatic heterocycles. The lowest BCUT2D eigenvalue weighted by molar-refractivity contribution is -0.123. The molecule has 8 heterocycles. The smallest absolute Gasteiger partial charge is 0.413 e. The highest BCUT2D eigenvalue weighted by Gasteiger charge is 2.40. The van der Waals surface area contributed by atoms with Crippen LogP contribution in [0.3, 0.4) is 0 Å². The summed E-state index contributed by atoms with van der Waals surface area (Å²) in [6.07, 6.45) is 10.5. The van der Waals surface area contributed by atoms with Gasteiger partial charge in [-0.2, -0.15) is 29.4 Å². The highest BCUT2D eigenvalue weighted by molar-refractivity contribution is 5.90. The lowest BCUT2D eigenvalue weighted by atomic mass is 9.88. The van der Waals surface area contributed by atoms with E-state index in [1.54, 1.807) is 150 Å². The number of rotatable bonds is 8. The number of hydrogen-bond acceptors (Lipinski definition) is 17. The van der Waals surface area contributed by atoms with Crippen LogP contribution in [0.25, 0.3) is 33.5 Å². The molecule has 25 nitrogen and oxygen atoms in total. The van der Waals surface area contributed by atoms with E-state index in [4.69, 9.17) is 28.9 Å².